The van der Waals surface area contributed by atoms with E-state index in [0.717, 1.165) is 18.4 Å². The van der Waals surface area contributed by atoms with Gasteiger partial charge in [-0.3, -0.25) is 0 Å². The van der Waals surface area contributed by atoms with Gasteiger partial charge in [-0.05, 0) is 18.9 Å². The van der Waals surface area contributed by atoms with Gasteiger partial charge in [0.05, 0.1) is 14.2 Å². The lowest BCUT2D eigenvalue weighted by atomic mass is 10.1. The number of nitrogens with zero attached hydrogens (tertiary/aromatic N) is 1. The smallest absolute Gasteiger partial charge is 0.257 e. The third-order valence-electron chi connectivity index (χ3n) is 2.59. The number of rotatable bonds is 3. The fourth-order valence-corrected chi connectivity index (χ4v) is 1.57. The first-order valence-electron chi connectivity index (χ1n) is 4.57. The second kappa shape index (κ2) is 3.13. The molecule has 1 aromatic rings. The first-order chi connectivity index (χ1) is 6.71. The van der Waals surface area contributed by atoms with Gasteiger partial charge in [0.2, 0.25) is 0 Å². The zero-order chi connectivity index (χ0) is 10.2. The van der Waals surface area contributed by atoms with Crippen LogP contribution in [0, 0.1) is 0 Å². The van der Waals surface area contributed by atoms with Gasteiger partial charge < -0.3 is 15.2 Å². The molecule has 1 aliphatic rings. The predicted molar refractivity (Wildman–Crippen MR) is 52.4 cm³/mol. The van der Waals surface area contributed by atoms with Crippen molar-refractivity contribution in [3.63, 3.8) is 0 Å². The minimum Gasteiger partial charge on any atom is -0.491 e. The van der Waals surface area contributed by atoms with Crippen LogP contribution in [0.15, 0.2) is 12.3 Å². The Labute approximate surface area is 83.0 Å². The Morgan fingerprint density at radius 1 is 1.36 bits per heavy atom. The maximum absolute atomic E-state index is 6.10. The van der Waals surface area contributed by atoms with E-state index in [1.165, 1.54) is 0 Å². The highest BCUT2D eigenvalue weighted by atomic mass is 16.5. The number of aromatic nitrogens is 1. The van der Waals surface area contributed by atoms with E-state index < -0.39 is 0 Å². The Morgan fingerprint density at radius 2 is 2.07 bits per heavy atom. The topological polar surface area (TPSA) is 57.4 Å². The highest BCUT2D eigenvalue weighted by molar-refractivity contribution is 5.47. The van der Waals surface area contributed by atoms with Crippen molar-refractivity contribution in [2.75, 3.05) is 14.2 Å². The van der Waals surface area contributed by atoms with Gasteiger partial charge in [0, 0.05) is 17.3 Å². The summed E-state index contributed by atoms with van der Waals surface area (Å²) in [5.74, 6) is 1.16. The van der Waals surface area contributed by atoms with Gasteiger partial charge >= 0.3 is 0 Å². The van der Waals surface area contributed by atoms with Crippen molar-refractivity contribution < 1.29 is 9.47 Å². The van der Waals surface area contributed by atoms with Crippen molar-refractivity contribution in [3.8, 4) is 11.6 Å². The number of ether oxygens (including phenoxy) is 2. The molecule has 0 aromatic carbocycles. The summed E-state index contributed by atoms with van der Waals surface area (Å²) in [4.78, 5) is 4.07. The summed E-state index contributed by atoms with van der Waals surface area (Å²) in [5, 5.41) is 0. The van der Waals surface area contributed by atoms with E-state index in [-0.39, 0.29) is 5.54 Å². The molecule has 0 radical (unpaired) electrons. The SMILES string of the molecule is COc1nccc(C2(N)CC2)c1OC. The number of nitrogens with two attached hydrogens (primary N) is 1. The maximum atomic E-state index is 6.10. The van der Waals surface area contributed by atoms with E-state index in [1.807, 2.05) is 6.07 Å². The standard InChI is InChI=1S/C10H14N2O2/c1-13-8-7(10(11)4-5-10)3-6-12-9(8)14-2/h3,6H,4-5,11H2,1-2H3. The summed E-state index contributed by atoms with van der Waals surface area (Å²) in [6.45, 7) is 0. The van der Waals surface area contributed by atoms with Gasteiger partial charge in [-0.15, -0.1) is 0 Å². The van der Waals surface area contributed by atoms with Crippen LogP contribution in [0.2, 0.25) is 0 Å². The number of methoxy groups -OCH3 is 2. The Balaban J connectivity index is 2.48. The van der Waals surface area contributed by atoms with Crippen LogP contribution in [-0.4, -0.2) is 19.2 Å². The molecule has 0 aliphatic heterocycles. The normalized spacial score (nSPS) is 17.6. The fourth-order valence-electron chi connectivity index (χ4n) is 1.57. The van der Waals surface area contributed by atoms with Crippen LogP contribution in [0.1, 0.15) is 18.4 Å². The molecule has 2 N–H and O–H groups in total. The summed E-state index contributed by atoms with van der Waals surface area (Å²) >= 11 is 0. The van der Waals surface area contributed by atoms with E-state index in [0.29, 0.717) is 11.6 Å². The molecule has 1 heterocycles. The largest absolute Gasteiger partial charge is 0.491 e. The Bertz CT molecular complexity index is 348. The zero-order valence-corrected chi connectivity index (χ0v) is 8.41. The van der Waals surface area contributed by atoms with E-state index in [1.54, 1.807) is 20.4 Å². The van der Waals surface area contributed by atoms with Crippen LogP contribution >= 0.6 is 0 Å². The molecular formula is C10H14N2O2. The summed E-state index contributed by atoms with van der Waals surface area (Å²) in [6.07, 6.45) is 3.69. The Morgan fingerprint density at radius 3 is 2.57 bits per heavy atom. The third-order valence-corrected chi connectivity index (χ3v) is 2.59. The molecule has 0 bridgehead atoms. The molecule has 1 aromatic heterocycles. The van der Waals surface area contributed by atoms with Crippen molar-refractivity contribution in [1.29, 1.82) is 0 Å². The minimum atomic E-state index is -0.221. The lowest BCUT2D eigenvalue weighted by Gasteiger charge is -2.15. The average molecular weight is 194 g/mol. The quantitative estimate of drug-likeness (QED) is 0.781. The first kappa shape index (κ1) is 9.27. The highest BCUT2D eigenvalue weighted by Crippen LogP contribution is 2.48. The molecule has 76 valence electrons. The van der Waals surface area contributed by atoms with Gasteiger partial charge in [-0.25, -0.2) is 4.98 Å². The second-order valence-corrected chi connectivity index (χ2v) is 3.56. The molecule has 1 aliphatic carbocycles. The zero-order valence-electron chi connectivity index (χ0n) is 8.41. The maximum Gasteiger partial charge on any atom is 0.257 e. The summed E-state index contributed by atoms with van der Waals surface area (Å²) in [7, 11) is 3.18. The van der Waals surface area contributed by atoms with Crippen molar-refractivity contribution >= 4 is 0 Å². The van der Waals surface area contributed by atoms with Crippen molar-refractivity contribution in [2.24, 2.45) is 5.73 Å². The molecule has 0 unspecified atom stereocenters. The second-order valence-electron chi connectivity index (χ2n) is 3.56. The van der Waals surface area contributed by atoms with Gasteiger partial charge in [0.1, 0.15) is 0 Å². The fraction of sp³-hybridized carbons (Fsp3) is 0.500. The Kier molecular flexibility index (Phi) is 2.07. The van der Waals surface area contributed by atoms with E-state index >= 15 is 0 Å². The molecule has 1 saturated carbocycles. The summed E-state index contributed by atoms with van der Waals surface area (Å²) in [6, 6.07) is 1.90. The van der Waals surface area contributed by atoms with Crippen LogP contribution in [0.4, 0.5) is 0 Å². The lowest BCUT2D eigenvalue weighted by Crippen LogP contribution is -2.20. The van der Waals surface area contributed by atoms with E-state index in [9.17, 15) is 0 Å². The summed E-state index contributed by atoms with van der Waals surface area (Å²) < 4.78 is 10.4. The van der Waals surface area contributed by atoms with Gasteiger partial charge in [-0.2, -0.15) is 0 Å². The molecule has 1 fully saturated rings. The van der Waals surface area contributed by atoms with Crippen molar-refractivity contribution in [2.45, 2.75) is 18.4 Å². The van der Waals surface area contributed by atoms with Crippen molar-refractivity contribution in [3.05, 3.63) is 17.8 Å². The van der Waals surface area contributed by atoms with E-state index in [2.05, 4.69) is 4.98 Å². The molecule has 2 rings (SSSR count). The van der Waals surface area contributed by atoms with Gasteiger partial charge in [0.15, 0.2) is 5.75 Å². The third kappa shape index (κ3) is 1.32. The molecular weight excluding hydrogens is 180 g/mol. The molecule has 4 heteroatoms. The predicted octanol–water partition coefficient (Wildman–Crippen LogP) is 1.05. The highest BCUT2D eigenvalue weighted by Gasteiger charge is 2.43. The molecule has 14 heavy (non-hydrogen) atoms. The molecule has 0 atom stereocenters. The minimum absolute atomic E-state index is 0.221. The number of pyridine rings is 1. The van der Waals surface area contributed by atoms with Crippen LogP contribution in [-0.2, 0) is 5.54 Å². The molecule has 0 saturated heterocycles. The van der Waals surface area contributed by atoms with Crippen molar-refractivity contribution in [1.82, 2.24) is 4.98 Å². The monoisotopic (exact) mass is 194 g/mol. The van der Waals surface area contributed by atoms with E-state index in [4.69, 9.17) is 15.2 Å². The van der Waals surface area contributed by atoms with Crippen LogP contribution in [0.5, 0.6) is 11.6 Å². The number of hydrogen-bond donors (Lipinski definition) is 1. The number of hydrogen-bond acceptors (Lipinski definition) is 4. The molecule has 4 nitrogen and oxygen atoms in total. The van der Waals surface area contributed by atoms with Crippen LogP contribution in [0.25, 0.3) is 0 Å². The van der Waals surface area contributed by atoms with Gasteiger partial charge in [0.25, 0.3) is 5.88 Å². The average Bonchev–Trinajstić information content (AvgIpc) is 2.96. The van der Waals surface area contributed by atoms with Gasteiger partial charge in [-0.1, -0.05) is 0 Å². The van der Waals surface area contributed by atoms with Crippen LogP contribution in [0.3, 0.4) is 0 Å². The lowest BCUT2D eigenvalue weighted by molar-refractivity contribution is 0.337. The summed E-state index contributed by atoms with van der Waals surface area (Å²) in [5.41, 5.74) is 6.88. The Hall–Kier alpha value is -1.29. The molecule has 0 amide bonds. The van der Waals surface area contributed by atoms with Crippen LogP contribution < -0.4 is 15.2 Å². The molecule has 0 spiro atoms. The first-order valence-corrected chi connectivity index (χ1v) is 4.57.